The molecule has 0 aliphatic heterocycles. The van der Waals surface area contributed by atoms with Crippen LogP contribution >= 0.6 is 0 Å². The first-order valence-corrected chi connectivity index (χ1v) is 11.2. The minimum atomic E-state index is -4.41. The molecule has 0 saturated heterocycles. The molecule has 5 rings (SSSR count). The van der Waals surface area contributed by atoms with Crippen LogP contribution in [-0.4, -0.2) is 36.4 Å². The number of hydrogen-bond acceptors (Lipinski definition) is 6. The molecule has 0 bridgehead atoms. The van der Waals surface area contributed by atoms with E-state index in [1.54, 1.807) is 20.4 Å². The molecule has 2 heterocycles. The summed E-state index contributed by atoms with van der Waals surface area (Å²) >= 11 is 0. The molecule has 0 radical (unpaired) electrons. The zero-order valence-corrected chi connectivity index (χ0v) is 19.5. The highest BCUT2D eigenvalue weighted by molar-refractivity contribution is 5.91. The predicted octanol–water partition coefficient (Wildman–Crippen LogP) is 5.93. The van der Waals surface area contributed by atoms with Crippen molar-refractivity contribution < 1.29 is 33.4 Å². The highest BCUT2D eigenvalue weighted by atomic mass is 19.4. The average Bonchev–Trinajstić information content (AvgIpc) is 3.57. The van der Waals surface area contributed by atoms with E-state index in [1.165, 1.54) is 0 Å². The van der Waals surface area contributed by atoms with Crippen LogP contribution in [0.1, 0.15) is 25.6 Å². The fourth-order valence-electron chi connectivity index (χ4n) is 4.15. The molecule has 2 aromatic carbocycles. The minimum absolute atomic E-state index is 0. The summed E-state index contributed by atoms with van der Waals surface area (Å²) in [4.78, 5) is 16.9. The van der Waals surface area contributed by atoms with Gasteiger partial charge >= 0.3 is 6.18 Å². The van der Waals surface area contributed by atoms with E-state index in [-0.39, 0.29) is 32.3 Å². The molecule has 36 heavy (non-hydrogen) atoms. The van der Waals surface area contributed by atoms with Gasteiger partial charge in [-0.25, -0.2) is 0 Å². The summed E-state index contributed by atoms with van der Waals surface area (Å²) in [6.45, 7) is 0. The highest BCUT2D eigenvalue weighted by Gasteiger charge is 2.66. The molecule has 188 valence electrons. The molecule has 1 aliphatic rings. The molecule has 2 aromatic heterocycles. The lowest BCUT2D eigenvalue weighted by molar-refractivity contribution is -0.165. The Balaban J connectivity index is 0.00000320. The van der Waals surface area contributed by atoms with Crippen LogP contribution in [0.5, 0.6) is 11.5 Å². The molecule has 1 amide bonds. The predicted molar refractivity (Wildman–Crippen MR) is 128 cm³/mol. The number of rotatable bonds is 7. The largest absolute Gasteiger partial charge is 0.493 e. The molecule has 1 aliphatic carbocycles. The van der Waals surface area contributed by atoms with Crippen LogP contribution in [0, 0.1) is 0 Å². The summed E-state index contributed by atoms with van der Waals surface area (Å²) in [5, 5.41) is 6.98. The van der Waals surface area contributed by atoms with Gasteiger partial charge in [-0.1, -0.05) is 29.4 Å². The normalized spacial score (nSPS) is 14.5. The van der Waals surface area contributed by atoms with E-state index in [1.807, 2.05) is 42.5 Å². The number of carbonyl (C=O) groups excluding carboxylic acids is 1. The Morgan fingerprint density at radius 3 is 2.39 bits per heavy atom. The van der Waals surface area contributed by atoms with Crippen LogP contribution in [0.4, 0.5) is 19.0 Å². The van der Waals surface area contributed by atoms with Crippen molar-refractivity contribution in [2.45, 2.75) is 30.9 Å². The molecule has 0 spiro atoms. The highest BCUT2D eigenvalue weighted by Crippen LogP contribution is 2.59. The number of amides is 1. The summed E-state index contributed by atoms with van der Waals surface area (Å²) in [5.74, 6) is 0.497. The second-order valence-electron chi connectivity index (χ2n) is 8.70. The van der Waals surface area contributed by atoms with Crippen molar-refractivity contribution in [1.82, 2.24) is 10.1 Å². The molecule has 0 unspecified atom stereocenters. The van der Waals surface area contributed by atoms with E-state index >= 15 is 0 Å². The first-order valence-electron chi connectivity index (χ1n) is 11.2. The molecule has 1 N–H and O–H groups in total. The Bertz CT molecular complexity index is 1430. The monoisotopic (exact) mass is 499 g/mol. The first-order chi connectivity index (χ1) is 17.2. The van der Waals surface area contributed by atoms with Gasteiger partial charge in [-0.2, -0.15) is 13.2 Å². The molecular weight excluding hydrogens is 475 g/mol. The third-order valence-corrected chi connectivity index (χ3v) is 6.38. The Morgan fingerprint density at radius 1 is 1.06 bits per heavy atom. The number of pyridine rings is 1. The van der Waals surface area contributed by atoms with Crippen LogP contribution in [0.25, 0.3) is 22.0 Å². The van der Waals surface area contributed by atoms with Gasteiger partial charge in [0.05, 0.1) is 26.2 Å². The Kier molecular flexibility index (Phi) is 5.82. The number of aromatic nitrogens is 2. The maximum absolute atomic E-state index is 13.2. The van der Waals surface area contributed by atoms with Crippen molar-refractivity contribution in [3.63, 3.8) is 0 Å². The summed E-state index contributed by atoms with van der Waals surface area (Å²) in [5.41, 5.74) is 1.32. The number of ether oxygens (including phenoxy) is 2. The van der Waals surface area contributed by atoms with E-state index in [0.29, 0.717) is 11.5 Å². The number of fused-ring (bicyclic) bond motifs is 1. The SMILES string of the molecule is COc1cc2cc(-c3ccc(CC(=O)Nc4cc(C5(C(F)(F)F)CC5)on4)cc3)cnc2cc1OC.[HH]. The summed E-state index contributed by atoms with van der Waals surface area (Å²) in [7, 11) is 3.14. The van der Waals surface area contributed by atoms with Crippen molar-refractivity contribution in [3.8, 4) is 22.6 Å². The number of nitrogens with zero attached hydrogens (tertiary/aromatic N) is 2. The van der Waals surface area contributed by atoms with Crippen LogP contribution in [0.3, 0.4) is 0 Å². The zero-order chi connectivity index (χ0) is 25.5. The third kappa shape index (κ3) is 4.34. The second kappa shape index (κ2) is 8.85. The van der Waals surface area contributed by atoms with E-state index in [4.69, 9.17) is 14.0 Å². The maximum atomic E-state index is 13.2. The van der Waals surface area contributed by atoms with Crippen molar-refractivity contribution in [2.24, 2.45) is 0 Å². The van der Waals surface area contributed by atoms with Crippen molar-refractivity contribution in [1.29, 1.82) is 0 Å². The van der Waals surface area contributed by atoms with Crippen LogP contribution < -0.4 is 14.8 Å². The topological polar surface area (TPSA) is 86.5 Å². The minimum Gasteiger partial charge on any atom is -0.493 e. The van der Waals surface area contributed by atoms with Crippen molar-refractivity contribution >= 4 is 22.6 Å². The van der Waals surface area contributed by atoms with Gasteiger partial charge in [-0.15, -0.1) is 0 Å². The molecule has 1 fully saturated rings. The van der Waals surface area contributed by atoms with Gasteiger partial charge in [0.15, 0.2) is 23.1 Å². The number of hydrogen-bond donors (Lipinski definition) is 1. The molecule has 10 heteroatoms. The smallest absolute Gasteiger partial charge is 0.401 e. The Hall–Kier alpha value is -4.08. The van der Waals surface area contributed by atoms with Crippen molar-refractivity contribution in [3.05, 3.63) is 66.1 Å². The van der Waals surface area contributed by atoms with Gasteiger partial charge in [0, 0.05) is 30.7 Å². The lowest BCUT2D eigenvalue weighted by Gasteiger charge is -2.14. The van der Waals surface area contributed by atoms with E-state index in [2.05, 4.69) is 15.5 Å². The second-order valence-corrected chi connectivity index (χ2v) is 8.70. The van der Waals surface area contributed by atoms with Gasteiger partial charge in [0.25, 0.3) is 0 Å². The zero-order valence-electron chi connectivity index (χ0n) is 19.5. The summed E-state index contributed by atoms with van der Waals surface area (Å²) in [6.07, 6.45) is -2.71. The number of halogens is 3. The van der Waals surface area contributed by atoms with Gasteiger partial charge in [-0.3, -0.25) is 9.78 Å². The lowest BCUT2D eigenvalue weighted by atomic mass is 10.0. The molecule has 4 aromatic rings. The fourth-order valence-corrected chi connectivity index (χ4v) is 4.15. The lowest BCUT2D eigenvalue weighted by Crippen LogP contribution is -2.28. The average molecular weight is 499 g/mol. The Morgan fingerprint density at radius 2 is 1.75 bits per heavy atom. The van der Waals surface area contributed by atoms with Gasteiger partial charge < -0.3 is 19.3 Å². The fraction of sp³-hybridized carbons (Fsp3) is 0.269. The Labute approximate surface area is 205 Å². The number of methoxy groups -OCH3 is 2. The number of benzene rings is 2. The number of carbonyl (C=O) groups is 1. The van der Waals surface area contributed by atoms with Crippen LogP contribution in [0.2, 0.25) is 0 Å². The van der Waals surface area contributed by atoms with Gasteiger partial charge in [0.2, 0.25) is 5.91 Å². The van der Waals surface area contributed by atoms with E-state index in [0.717, 1.165) is 33.7 Å². The third-order valence-electron chi connectivity index (χ3n) is 6.38. The quantitative estimate of drug-likeness (QED) is 0.339. The van der Waals surface area contributed by atoms with E-state index < -0.39 is 17.5 Å². The molecular formula is C26H24F3N3O4. The van der Waals surface area contributed by atoms with E-state index in [9.17, 15) is 18.0 Å². The molecule has 0 atom stereocenters. The number of anilines is 1. The number of nitrogens with one attached hydrogen (secondary N) is 1. The standard InChI is InChI=1S/C26H22F3N3O4.H2/c1-34-20-11-17-10-18(14-30-19(17)12-21(20)35-2)16-5-3-15(4-6-16)9-24(33)31-23-13-22(36-32-23)25(7-8-25)26(27,28)29;/h3-6,10-14H,7-9H2,1-2H3,(H,31,32,33);1H. The first kappa shape index (κ1) is 23.7. The van der Waals surface area contributed by atoms with Gasteiger partial charge in [-0.05, 0) is 36.1 Å². The number of alkyl halides is 3. The van der Waals surface area contributed by atoms with Crippen molar-refractivity contribution in [2.75, 3.05) is 19.5 Å². The van der Waals surface area contributed by atoms with Crippen LogP contribution in [-0.2, 0) is 16.6 Å². The van der Waals surface area contributed by atoms with Crippen LogP contribution in [0.15, 0.2) is 59.3 Å². The summed E-state index contributed by atoms with van der Waals surface area (Å²) < 4.78 is 55.3. The molecule has 1 saturated carbocycles. The molecule has 7 nitrogen and oxygen atoms in total. The maximum Gasteiger partial charge on any atom is 0.401 e. The van der Waals surface area contributed by atoms with Gasteiger partial charge in [0.1, 0.15) is 5.41 Å². The summed E-state index contributed by atoms with van der Waals surface area (Å²) in [6, 6.07) is 14.2.